The molecule has 0 radical (unpaired) electrons. The molecule has 2 atom stereocenters. The van der Waals surface area contributed by atoms with Gasteiger partial charge in [-0.2, -0.15) is 0 Å². The second-order valence-corrected chi connectivity index (χ2v) is 6.01. The number of aryl methyl sites for hydroxylation is 1. The van der Waals surface area contributed by atoms with Crippen molar-refractivity contribution in [3.05, 3.63) is 23.8 Å². The number of hydrogen-bond acceptors (Lipinski definition) is 5. The molecule has 1 unspecified atom stereocenters. The van der Waals surface area contributed by atoms with E-state index >= 15 is 0 Å². The Morgan fingerprint density at radius 2 is 2.04 bits per heavy atom. The molecule has 2 rings (SSSR count). The molecule has 7 heteroatoms. The van der Waals surface area contributed by atoms with Gasteiger partial charge in [0.05, 0.1) is 20.1 Å². The predicted octanol–water partition coefficient (Wildman–Crippen LogP) is 0.592. The van der Waals surface area contributed by atoms with Crippen molar-refractivity contribution in [1.29, 1.82) is 0 Å². The van der Waals surface area contributed by atoms with Crippen LogP contribution in [0.1, 0.15) is 18.9 Å². The maximum absolute atomic E-state index is 12.2. The van der Waals surface area contributed by atoms with Crippen LogP contribution in [0, 0.1) is 5.92 Å². The Hall–Kier alpha value is -2.28. The maximum Gasteiger partial charge on any atom is 0.252 e. The number of aliphatic hydroxyl groups is 1. The zero-order chi connectivity index (χ0) is 18.4. The molecule has 1 aliphatic heterocycles. The first kappa shape index (κ1) is 19.1. The fourth-order valence-corrected chi connectivity index (χ4v) is 2.97. The number of nitrogens with one attached hydrogen (secondary N) is 1. The van der Waals surface area contributed by atoms with Crippen LogP contribution in [0.3, 0.4) is 0 Å². The normalized spacial score (nSPS) is 19.8. The van der Waals surface area contributed by atoms with Gasteiger partial charge in [-0.15, -0.1) is 0 Å². The van der Waals surface area contributed by atoms with Crippen LogP contribution in [0.15, 0.2) is 18.2 Å². The third-order valence-electron chi connectivity index (χ3n) is 4.47. The highest BCUT2D eigenvalue weighted by molar-refractivity contribution is 5.92. The van der Waals surface area contributed by atoms with Crippen LogP contribution in [0.5, 0.6) is 11.5 Å². The number of nitrogens with zero attached hydrogens (tertiary/aromatic N) is 1. The molecule has 2 N–H and O–H groups in total. The van der Waals surface area contributed by atoms with Gasteiger partial charge in [0.15, 0.2) is 11.5 Å². The van der Waals surface area contributed by atoms with Gasteiger partial charge in [-0.3, -0.25) is 9.59 Å². The number of rotatable bonds is 8. The summed E-state index contributed by atoms with van der Waals surface area (Å²) in [6.07, 6.45) is 0.286. The van der Waals surface area contributed by atoms with Crippen molar-refractivity contribution in [2.75, 3.05) is 33.9 Å². The second-order valence-electron chi connectivity index (χ2n) is 6.01. The summed E-state index contributed by atoms with van der Waals surface area (Å²) in [5.41, 5.74) is 1.08. The molecular weight excluding hydrogens is 324 g/mol. The molecular formula is C18H26N2O5. The maximum atomic E-state index is 12.2. The molecule has 1 fully saturated rings. The Labute approximate surface area is 147 Å². The summed E-state index contributed by atoms with van der Waals surface area (Å²) < 4.78 is 10.5. The van der Waals surface area contributed by atoms with E-state index < -0.39 is 12.0 Å². The third-order valence-corrected chi connectivity index (χ3v) is 4.47. The zero-order valence-electron chi connectivity index (χ0n) is 14.9. The number of amides is 2. The predicted molar refractivity (Wildman–Crippen MR) is 92.6 cm³/mol. The highest BCUT2D eigenvalue weighted by Crippen LogP contribution is 2.27. The Bertz CT molecular complexity index is 619. The lowest BCUT2D eigenvalue weighted by Crippen LogP contribution is -2.38. The molecule has 0 bridgehead atoms. The molecule has 0 aromatic heterocycles. The summed E-state index contributed by atoms with van der Waals surface area (Å²) >= 11 is 0. The molecule has 0 spiro atoms. The number of aliphatic hydroxyl groups excluding tert-OH is 1. The molecule has 1 aromatic rings. The zero-order valence-corrected chi connectivity index (χ0v) is 14.9. The number of methoxy groups -OCH3 is 2. The van der Waals surface area contributed by atoms with Crippen molar-refractivity contribution in [2.24, 2.45) is 5.92 Å². The van der Waals surface area contributed by atoms with Crippen molar-refractivity contribution >= 4 is 11.8 Å². The summed E-state index contributed by atoms with van der Waals surface area (Å²) in [4.78, 5) is 25.4. The van der Waals surface area contributed by atoms with Gasteiger partial charge >= 0.3 is 0 Å². The quantitative estimate of drug-likeness (QED) is 0.670. The summed E-state index contributed by atoms with van der Waals surface area (Å²) in [5.74, 6) is 0.0295. The number of likely N-dealkylation sites (N-methyl/N-ethyl adjacent to an activating group) is 1. The van der Waals surface area contributed by atoms with E-state index in [0.717, 1.165) is 18.4 Å². The van der Waals surface area contributed by atoms with E-state index in [4.69, 9.17) is 9.47 Å². The van der Waals surface area contributed by atoms with Crippen LogP contribution in [0.4, 0.5) is 0 Å². The van der Waals surface area contributed by atoms with Gasteiger partial charge in [0, 0.05) is 19.6 Å². The van der Waals surface area contributed by atoms with Crippen LogP contribution in [0.25, 0.3) is 0 Å². The number of carbonyl (C=O) groups is 2. The molecule has 1 saturated heterocycles. The van der Waals surface area contributed by atoms with Gasteiger partial charge in [-0.25, -0.2) is 0 Å². The van der Waals surface area contributed by atoms with E-state index in [9.17, 15) is 14.7 Å². The van der Waals surface area contributed by atoms with E-state index in [1.54, 1.807) is 14.2 Å². The fraction of sp³-hybridized carbons (Fsp3) is 0.556. The lowest BCUT2D eigenvalue weighted by atomic mass is 10.0. The highest BCUT2D eigenvalue weighted by Gasteiger charge is 2.42. The lowest BCUT2D eigenvalue weighted by molar-refractivity contribution is -0.137. The van der Waals surface area contributed by atoms with Gasteiger partial charge in [0.1, 0.15) is 6.10 Å². The minimum Gasteiger partial charge on any atom is -0.493 e. The summed E-state index contributed by atoms with van der Waals surface area (Å²) in [7, 11) is 3.19. The Kier molecular flexibility index (Phi) is 6.64. The smallest absolute Gasteiger partial charge is 0.252 e. The molecule has 2 amide bonds. The summed E-state index contributed by atoms with van der Waals surface area (Å²) in [6, 6.07) is 5.73. The number of hydrogen-bond donors (Lipinski definition) is 2. The van der Waals surface area contributed by atoms with E-state index in [0.29, 0.717) is 24.6 Å². The molecule has 1 heterocycles. The average molecular weight is 350 g/mol. The standard InChI is InChI=1S/C18H26N2O5/c1-4-20-11-13(16(21)18(20)23)17(22)19-9-5-6-12-7-8-14(24-2)15(10-12)25-3/h7-8,10,13,16,21H,4-6,9,11H2,1-3H3,(H,19,22)/t13-,16?/m1/s1. The molecule has 138 valence electrons. The molecule has 25 heavy (non-hydrogen) atoms. The van der Waals surface area contributed by atoms with Crippen molar-refractivity contribution in [3.63, 3.8) is 0 Å². The first-order chi connectivity index (χ1) is 12.0. The Morgan fingerprint density at radius 3 is 2.64 bits per heavy atom. The minimum atomic E-state index is -1.23. The second kappa shape index (κ2) is 8.71. The third kappa shape index (κ3) is 4.42. The lowest BCUT2D eigenvalue weighted by Gasteiger charge is -2.13. The SMILES string of the molecule is CCN1C[C@@H](C(=O)NCCCc2ccc(OC)c(OC)c2)C(O)C1=O. The van der Waals surface area contributed by atoms with Gasteiger partial charge in [-0.05, 0) is 37.5 Å². The van der Waals surface area contributed by atoms with Crippen LogP contribution < -0.4 is 14.8 Å². The first-order valence-corrected chi connectivity index (χ1v) is 8.47. The number of ether oxygens (including phenoxy) is 2. The number of carbonyl (C=O) groups excluding carboxylic acids is 2. The van der Waals surface area contributed by atoms with Crippen molar-refractivity contribution < 1.29 is 24.2 Å². The topological polar surface area (TPSA) is 88.1 Å². The van der Waals surface area contributed by atoms with Gasteiger partial charge < -0.3 is 24.8 Å². The van der Waals surface area contributed by atoms with Crippen LogP contribution >= 0.6 is 0 Å². The van der Waals surface area contributed by atoms with Gasteiger partial charge in [0.2, 0.25) is 5.91 Å². The Morgan fingerprint density at radius 1 is 1.32 bits per heavy atom. The van der Waals surface area contributed by atoms with E-state index in [2.05, 4.69) is 5.32 Å². The van der Waals surface area contributed by atoms with E-state index in [-0.39, 0.29) is 18.4 Å². The number of likely N-dealkylation sites (tertiary alicyclic amines) is 1. The molecule has 1 aliphatic rings. The fourth-order valence-electron chi connectivity index (χ4n) is 2.97. The molecule has 7 nitrogen and oxygen atoms in total. The summed E-state index contributed by atoms with van der Waals surface area (Å²) in [6.45, 7) is 3.09. The van der Waals surface area contributed by atoms with E-state index in [1.807, 2.05) is 25.1 Å². The first-order valence-electron chi connectivity index (χ1n) is 8.47. The molecule has 0 aliphatic carbocycles. The van der Waals surface area contributed by atoms with Gasteiger partial charge in [0.25, 0.3) is 5.91 Å². The summed E-state index contributed by atoms with van der Waals surface area (Å²) in [5, 5.41) is 12.7. The largest absolute Gasteiger partial charge is 0.493 e. The minimum absolute atomic E-state index is 0.274. The molecule has 1 aromatic carbocycles. The average Bonchev–Trinajstić information content (AvgIpc) is 2.93. The van der Waals surface area contributed by atoms with E-state index in [1.165, 1.54) is 4.90 Å². The number of benzene rings is 1. The van der Waals surface area contributed by atoms with Crippen LogP contribution in [-0.4, -0.2) is 61.8 Å². The van der Waals surface area contributed by atoms with Crippen molar-refractivity contribution in [2.45, 2.75) is 25.9 Å². The van der Waals surface area contributed by atoms with Crippen LogP contribution in [0.2, 0.25) is 0 Å². The van der Waals surface area contributed by atoms with Crippen LogP contribution in [-0.2, 0) is 16.0 Å². The van der Waals surface area contributed by atoms with Gasteiger partial charge in [-0.1, -0.05) is 6.07 Å². The monoisotopic (exact) mass is 350 g/mol. The van der Waals surface area contributed by atoms with Crippen molar-refractivity contribution in [1.82, 2.24) is 10.2 Å². The Balaban J connectivity index is 1.79. The highest BCUT2D eigenvalue weighted by atomic mass is 16.5. The van der Waals surface area contributed by atoms with Crippen molar-refractivity contribution in [3.8, 4) is 11.5 Å². The molecule has 0 saturated carbocycles.